The molecule has 90 valence electrons. The maximum atomic E-state index is 4.69. The Morgan fingerprint density at radius 1 is 1.31 bits per heavy atom. The molecule has 0 saturated carbocycles. The summed E-state index contributed by atoms with van der Waals surface area (Å²) >= 11 is 1.80. The van der Waals surface area contributed by atoms with Gasteiger partial charge < -0.3 is 4.90 Å². The first-order valence-corrected chi connectivity index (χ1v) is 6.88. The summed E-state index contributed by atoms with van der Waals surface area (Å²) < 4.78 is 0. The lowest BCUT2D eigenvalue weighted by Gasteiger charge is -2.31. The van der Waals surface area contributed by atoms with Crippen LogP contribution in [-0.2, 0) is 6.54 Å². The molecule has 0 atom stereocenters. The lowest BCUT2D eigenvalue weighted by molar-refractivity contribution is 0.147. The molecule has 1 fully saturated rings. The van der Waals surface area contributed by atoms with Gasteiger partial charge in [0.25, 0.3) is 0 Å². The van der Waals surface area contributed by atoms with Gasteiger partial charge in [-0.25, -0.2) is 4.98 Å². The van der Waals surface area contributed by atoms with Gasteiger partial charge >= 0.3 is 0 Å². The van der Waals surface area contributed by atoms with Crippen molar-refractivity contribution in [2.45, 2.75) is 26.3 Å². The zero-order chi connectivity index (χ0) is 11.5. The second-order valence-electron chi connectivity index (χ2n) is 4.91. The summed E-state index contributed by atoms with van der Waals surface area (Å²) in [5, 5.41) is 3.48. The van der Waals surface area contributed by atoms with Gasteiger partial charge in [0.1, 0.15) is 0 Å². The third kappa shape index (κ3) is 3.03. The van der Waals surface area contributed by atoms with Crippen molar-refractivity contribution in [1.82, 2.24) is 14.8 Å². The second kappa shape index (κ2) is 5.25. The first-order chi connectivity index (χ1) is 7.65. The van der Waals surface area contributed by atoms with Gasteiger partial charge in [0, 0.05) is 44.0 Å². The average Bonchev–Trinajstić information content (AvgIpc) is 2.70. The third-order valence-corrected chi connectivity index (χ3v) is 4.24. The van der Waals surface area contributed by atoms with E-state index in [2.05, 4.69) is 41.1 Å². The molecule has 3 nitrogen and oxygen atoms in total. The van der Waals surface area contributed by atoms with Crippen molar-refractivity contribution in [2.24, 2.45) is 0 Å². The molecule has 2 heterocycles. The summed E-state index contributed by atoms with van der Waals surface area (Å²) in [5.74, 6) is 0.561. The van der Waals surface area contributed by atoms with E-state index in [0.717, 1.165) is 6.54 Å². The number of piperazine rings is 1. The number of rotatable bonds is 3. The third-order valence-electron chi connectivity index (χ3n) is 3.04. The summed E-state index contributed by atoms with van der Waals surface area (Å²) in [4.78, 5) is 9.57. The average molecular weight is 239 g/mol. The highest BCUT2D eigenvalue weighted by Crippen LogP contribution is 2.20. The second-order valence-corrected chi connectivity index (χ2v) is 5.80. The highest BCUT2D eigenvalue weighted by molar-refractivity contribution is 7.09. The SMILES string of the molecule is CC(C)c1nc(CN2CCN(C)CC2)cs1. The van der Waals surface area contributed by atoms with E-state index in [1.807, 2.05) is 0 Å². The predicted molar refractivity (Wildman–Crippen MR) is 69.0 cm³/mol. The minimum atomic E-state index is 0.561. The van der Waals surface area contributed by atoms with Crippen molar-refractivity contribution in [1.29, 1.82) is 0 Å². The normalized spacial score (nSPS) is 19.5. The smallest absolute Gasteiger partial charge is 0.0954 e. The number of nitrogens with zero attached hydrogens (tertiary/aromatic N) is 3. The van der Waals surface area contributed by atoms with E-state index in [0.29, 0.717) is 5.92 Å². The molecule has 4 heteroatoms. The van der Waals surface area contributed by atoms with Gasteiger partial charge in [-0.15, -0.1) is 11.3 Å². The number of hydrogen-bond acceptors (Lipinski definition) is 4. The van der Waals surface area contributed by atoms with Gasteiger partial charge in [-0.1, -0.05) is 13.8 Å². The van der Waals surface area contributed by atoms with Crippen LogP contribution in [0.5, 0.6) is 0 Å². The van der Waals surface area contributed by atoms with Crippen LogP contribution in [0, 0.1) is 0 Å². The number of hydrogen-bond donors (Lipinski definition) is 0. The van der Waals surface area contributed by atoms with E-state index in [9.17, 15) is 0 Å². The zero-order valence-corrected chi connectivity index (χ0v) is 11.3. The van der Waals surface area contributed by atoms with E-state index in [1.165, 1.54) is 36.9 Å². The lowest BCUT2D eigenvalue weighted by atomic mass is 10.2. The molecule has 0 N–H and O–H groups in total. The Labute approximate surface area is 102 Å². The largest absolute Gasteiger partial charge is 0.304 e. The fourth-order valence-electron chi connectivity index (χ4n) is 1.90. The van der Waals surface area contributed by atoms with Crippen LogP contribution < -0.4 is 0 Å². The van der Waals surface area contributed by atoms with Crippen LogP contribution >= 0.6 is 11.3 Å². The van der Waals surface area contributed by atoms with Crippen molar-refractivity contribution in [3.05, 3.63) is 16.1 Å². The van der Waals surface area contributed by atoms with E-state index >= 15 is 0 Å². The first-order valence-electron chi connectivity index (χ1n) is 6.00. The molecular formula is C12H21N3S. The Morgan fingerprint density at radius 3 is 2.56 bits per heavy atom. The monoisotopic (exact) mass is 239 g/mol. The van der Waals surface area contributed by atoms with Crippen molar-refractivity contribution in [3.63, 3.8) is 0 Å². The van der Waals surface area contributed by atoms with E-state index in [1.54, 1.807) is 11.3 Å². The summed E-state index contributed by atoms with van der Waals surface area (Å²) in [6.07, 6.45) is 0. The molecule has 0 aromatic carbocycles. The highest BCUT2D eigenvalue weighted by Gasteiger charge is 2.15. The van der Waals surface area contributed by atoms with E-state index < -0.39 is 0 Å². The molecule has 0 amide bonds. The van der Waals surface area contributed by atoms with Gasteiger partial charge in [-0.3, -0.25) is 4.90 Å². The van der Waals surface area contributed by atoms with E-state index in [4.69, 9.17) is 0 Å². The quantitative estimate of drug-likeness (QED) is 0.804. The molecule has 1 aliphatic heterocycles. The molecule has 0 bridgehead atoms. The summed E-state index contributed by atoms with van der Waals surface area (Å²) in [7, 11) is 2.19. The van der Waals surface area contributed by atoms with E-state index in [-0.39, 0.29) is 0 Å². The van der Waals surface area contributed by atoms with Crippen LogP contribution in [0.15, 0.2) is 5.38 Å². The molecule has 1 saturated heterocycles. The van der Waals surface area contributed by atoms with Crippen LogP contribution in [0.3, 0.4) is 0 Å². The maximum absolute atomic E-state index is 4.69. The Kier molecular flexibility index (Phi) is 3.95. The number of likely N-dealkylation sites (N-methyl/N-ethyl adjacent to an activating group) is 1. The summed E-state index contributed by atoms with van der Waals surface area (Å²) in [6.45, 7) is 10.1. The number of aromatic nitrogens is 1. The van der Waals surface area contributed by atoms with Crippen molar-refractivity contribution in [2.75, 3.05) is 33.2 Å². The molecule has 0 spiro atoms. The Balaban J connectivity index is 1.88. The standard InChI is InChI=1S/C12H21N3S/c1-10(2)12-13-11(9-16-12)8-15-6-4-14(3)5-7-15/h9-10H,4-8H2,1-3H3. The molecule has 0 unspecified atom stereocenters. The van der Waals surface area contributed by atoms with Crippen molar-refractivity contribution in [3.8, 4) is 0 Å². The van der Waals surface area contributed by atoms with Gasteiger partial charge in [0.05, 0.1) is 10.7 Å². The molecule has 0 radical (unpaired) electrons. The Bertz CT molecular complexity index is 327. The molecular weight excluding hydrogens is 218 g/mol. The maximum Gasteiger partial charge on any atom is 0.0954 e. The Morgan fingerprint density at radius 2 is 2.00 bits per heavy atom. The fourth-order valence-corrected chi connectivity index (χ4v) is 2.72. The van der Waals surface area contributed by atoms with Gasteiger partial charge in [-0.2, -0.15) is 0 Å². The minimum absolute atomic E-state index is 0.561. The lowest BCUT2D eigenvalue weighted by Crippen LogP contribution is -2.43. The first kappa shape index (κ1) is 12.0. The van der Waals surface area contributed by atoms with Crippen LogP contribution in [0.4, 0.5) is 0 Å². The molecule has 16 heavy (non-hydrogen) atoms. The van der Waals surface area contributed by atoms with Crippen LogP contribution in [-0.4, -0.2) is 48.0 Å². The molecule has 2 rings (SSSR count). The van der Waals surface area contributed by atoms with Gasteiger partial charge in [0.15, 0.2) is 0 Å². The summed E-state index contributed by atoms with van der Waals surface area (Å²) in [6, 6.07) is 0. The zero-order valence-electron chi connectivity index (χ0n) is 10.4. The van der Waals surface area contributed by atoms with Crippen molar-refractivity contribution < 1.29 is 0 Å². The van der Waals surface area contributed by atoms with Gasteiger partial charge in [0.2, 0.25) is 0 Å². The molecule has 1 aromatic heterocycles. The van der Waals surface area contributed by atoms with Crippen LogP contribution in [0.2, 0.25) is 0 Å². The minimum Gasteiger partial charge on any atom is -0.304 e. The topological polar surface area (TPSA) is 19.4 Å². The van der Waals surface area contributed by atoms with Crippen LogP contribution in [0.25, 0.3) is 0 Å². The molecule has 1 aliphatic rings. The number of thiazole rings is 1. The highest BCUT2D eigenvalue weighted by atomic mass is 32.1. The molecule has 1 aromatic rings. The van der Waals surface area contributed by atoms with Crippen LogP contribution in [0.1, 0.15) is 30.5 Å². The molecule has 0 aliphatic carbocycles. The Hall–Kier alpha value is -0.450. The fraction of sp³-hybridized carbons (Fsp3) is 0.750. The predicted octanol–water partition coefficient (Wildman–Crippen LogP) is 2.01. The van der Waals surface area contributed by atoms with Gasteiger partial charge in [-0.05, 0) is 7.05 Å². The van der Waals surface area contributed by atoms with Crippen molar-refractivity contribution >= 4 is 11.3 Å². The summed E-state index contributed by atoms with van der Waals surface area (Å²) in [5.41, 5.74) is 1.25.